The van der Waals surface area contributed by atoms with Crippen molar-refractivity contribution in [1.82, 2.24) is 0 Å². The highest BCUT2D eigenvalue weighted by molar-refractivity contribution is 6.04. The fourth-order valence-electron chi connectivity index (χ4n) is 1.64. The van der Waals surface area contributed by atoms with Crippen LogP contribution in [0.3, 0.4) is 0 Å². The quantitative estimate of drug-likeness (QED) is 0.619. The molecule has 0 heterocycles. The highest BCUT2D eigenvalue weighted by Gasteiger charge is 2.04. The predicted molar refractivity (Wildman–Crippen MR) is 65.6 cm³/mol. The van der Waals surface area contributed by atoms with E-state index in [-0.39, 0.29) is 11.5 Å². The summed E-state index contributed by atoms with van der Waals surface area (Å²) in [4.78, 5) is 11.8. The first kappa shape index (κ1) is 12.5. The molecule has 0 atom stereocenters. The predicted octanol–water partition coefficient (Wildman–Crippen LogP) is 3.57. The number of phenols is 1. The zero-order valence-corrected chi connectivity index (χ0v) is 10.0. The number of ketones is 1. The van der Waals surface area contributed by atoms with Gasteiger partial charge < -0.3 is 5.11 Å². The number of aromatic hydroxyl groups is 1. The van der Waals surface area contributed by atoms with Gasteiger partial charge in [-0.05, 0) is 49.6 Å². The molecule has 0 fully saturated rings. The Morgan fingerprint density at radius 1 is 1.31 bits per heavy atom. The summed E-state index contributed by atoms with van der Waals surface area (Å²) in [6.07, 6.45) is 2.61. The summed E-state index contributed by atoms with van der Waals surface area (Å²) in [5.41, 5.74) is 1.70. The van der Waals surface area contributed by atoms with Crippen molar-refractivity contribution in [3.05, 3.63) is 41.5 Å². The van der Waals surface area contributed by atoms with E-state index in [1.807, 2.05) is 6.92 Å². The van der Waals surface area contributed by atoms with Crippen molar-refractivity contribution < 1.29 is 9.90 Å². The summed E-state index contributed by atoms with van der Waals surface area (Å²) in [7, 11) is 0. The van der Waals surface area contributed by atoms with Gasteiger partial charge in [0.1, 0.15) is 5.75 Å². The summed E-state index contributed by atoms with van der Waals surface area (Å²) in [5.74, 6) is 0.737. The Hall–Kier alpha value is -1.57. The van der Waals surface area contributed by atoms with Gasteiger partial charge in [-0.3, -0.25) is 4.79 Å². The molecule has 0 unspecified atom stereocenters. The molecule has 1 aromatic rings. The molecular formula is C14H18O2. The first-order chi connectivity index (χ1) is 7.49. The molecule has 1 aromatic carbocycles. The minimum Gasteiger partial charge on any atom is -0.508 e. The minimum atomic E-state index is -0.00171. The van der Waals surface area contributed by atoms with Crippen molar-refractivity contribution in [2.24, 2.45) is 5.92 Å². The van der Waals surface area contributed by atoms with Crippen LogP contribution in [0.1, 0.15) is 37.6 Å². The summed E-state index contributed by atoms with van der Waals surface area (Å²) < 4.78 is 0. The largest absolute Gasteiger partial charge is 0.508 e. The molecule has 0 aliphatic heterocycles. The SMILES string of the molecule is C/C(=C/C(=O)c1ccc(O)cc1)CC(C)C. The monoisotopic (exact) mass is 218 g/mol. The van der Waals surface area contributed by atoms with Crippen molar-refractivity contribution in [3.63, 3.8) is 0 Å². The lowest BCUT2D eigenvalue weighted by atomic mass is 10.0. The normalized spacial score (nSPS) is 11.9. The van der Waals surface area contributed by atoms with E-state index in [2.05, 4.69) is 13.8 Å². The van der Waals surface area contributed by atoms with E-state index in [0.29, 0.717) is 11.5 Å². The van der Waals surface area contributed by atoms with Gasteiger partial charge in [-0.1, -0.05) is 19.4 Å². The molecule has 0 spiro atoms. The third kappa shape index (κ3) is 3.89. The highest BCUT2D eigenvalue weighted by atomic mass is 16.3. The average molecular weight is 218 g/mol. The second-order valence-electron chi connectivity index (χ2n) is 4.50. The second kappa shape index (κ2) is 5.50. The Kier molecular flexibility index (Phi) is 4.29. The molecule has 0 radical (unpaired) electrons. The first-order valence-electron chi connectivity index (χ1n) is 5.49. The van der Waals surface area contributed by atoms with Crippen LogP contribution in [0.15, 0.2) is 35.9 Å². The van der Waals surface area contributed by atoms with Gasteiger partial charge in [-0.25, -0.2) is 0 Å². The van der Waals surface area contributed by atoms with Crippen molar-refractivity contribution in [1.29, 1.82) is 0 Å². The van der Waals surface area contributed by atoms with Crippen LogP contribution in [-0.4, -0.2) is 10.9 Å². The average Bonchev–Trinajstić information content (AvgIpc) is 2.16. The molecule has 0 amide bonds. The third-order valence-electron chi connectivity index (χ3n) is 2.26. The number of hydrogen-bond donors (Lipinski definition) is 1. The Labute approximate surface area is 96.6 Å². The molecule has 0 aliphatic rings. The lowest BCUT2D eigenvalue weighted by Crippen LogP contribution is -1.97. The van der Waals surface area contributed by atoms with Crippen LogP contribution in [0.5, 0.6) is 5.75 Å². The van der Waals surface area contributed by atoms with E-state index in [0.717, 1.165) is 12.0 Å². The number of rotatable bonds is 4. The molecule has 0 saturated heterocycles. The summed E-state index contributed by atoms with van der Waals surface area (Å²) in [6.45, 7) is 6.23. The zero-order chi connectivity index (χ0) is 12.1. The minimum absolute atomic E-state index is 0.00171. The smallest absolute Gasteiger partial charge is 0.185 e. The topological polar surface area (TPSA) is 37.3 Å². The van der Waals surface area contributed by atoms with Gasteiger partial charge >= 0.3 is 0 Å². The van der Waals surface area contributed by atoms with Gasteiger partial charge in [-0.2, -0.15) is 0 Å². The molecule has 0 bridgehead atoms. The van der Waals surface area contributed by atoms with Gasteiger partial charge in [0.25, 0.3) is 0 Å². The Balaban J connectivity index is 2.75. The summed E-state index contributed by atoms with van der Waals surface area (Å²) in [6, 6.07) is 6.32. The number of carbonyl (C=O) groups is 1. The summed E-state index contributed by atoms with van der Waals surface area (Å²) in [5, 5.41) is 9.11. The van der Waals surface area contributed by atoms with Gasteiger partial charge in [0.05, 0.1) is 0 Å². The molecule has 86 valence electrons. The van der Waals surface area contributed by atoms with E-state index in [1.165, 1.54) is 12.1 Å². The van der Waals surface area contributed by atoms with Crippen LogP contribution in [0.25, 0.3) is 0 Å². The van der Waals surface area contributed by atoms with E-state index in [4.69, 9.17) is 5.11 Å². The lowest BCUT2D eigenvalue weighted by molar-refractivity contribution is 0.104. The van der Waals surface area contributed by atoms with Crippen LogP contribution in [0.4, 0.5) is 0 Å². The second-order valence-corrected chi connectivity index (χ2v) is 4.50. The molecule has 1 N–H and O–H groups in total. The third-order valence-corrected chi connectivity index (χ3v) is 2.26. The molecule has 1 rings (SSSR count). The van der Waals surface area contributed by atoms with E-state index >= 15 is 0 Å². The van der Waals surface area contributed by atoms with E-state index in [1.54, 1.807) is 18.2 Å². The van der Waals surface area contributed by atoms with Crippen molar-refractivity contribution in [2.45, 2.75) is 27.2 Å². The molecule has 0 aliphatic carbocycles. The van der Waals surface area contributed by atoms with Gasteiger partial charge in [0, 0.05) is 5.56 Å². The van der Waals surface area contributed by atoms with Gasteiger partial charge in [0.2, 0.25) is 0 Å². The maximum atomic E-state index is 11.8. The number of phenolic OH excluding ortho intramolecular Hbond substituents is 1. The standard InChI is InChI=1S/C14H18O2/c1-10(2)8-11(3)9-14(16)12-4-6-13(15)7-5-12/h4-7,9-10,15H,8H2,1-3H3/b11-9-. The van der Waals surface area contributed by atoms with Crippen LogP contribution in [-0.2, 0) is 0 Å². The first-order valence-corrected chi connectivity index (χ1v) is 5.49. The Morgan fingerprint density at radius 3 is 2.38 bits per heavy atom. The number of carbonyl (C=O) groups excluding carboxylic acids is 1. The highest BCUT2D eigenvalue weighted by Crippen LogP contribution is 2.14. The Bertz CT molecular complexity index is 386. The molecule has 16 heavy (non-hydrogen) atoms. The molecule has 2 heteroatoms. The van der Waals surface area contributed by atoms with Crippen LogP contribution < -0.4 is 0 Å². The van der Waals surface area contributed by atoms with Crippen molar-refractivity contribution in [2.75, 3.05) is 0 Å². The number of allylic oxidation sites excluding steroid dienone is 2. The zero-order valence-electron chi connectivity index (χ0n) is 10.0. The Morgan fingerprint density at radius 2 is 1.88 bits per heavy atom. The van der Waals surface area contributed by atoms with Crippen LogP contribution >= 0.6 is 0 Å². The van der Waals surface area contributed by atoms with Gasteiger partial charge in [0.15, 0.2) is 5.78 Å². The summed E-state index contributed by atoms with van der Waals surface area (Å²) >= 11 is 0. The fourth-order valence-corrected chi connectivity index (χ4v) is 1.64. The number of benzene rings is 1. The fraction of sp³-hybridized carbons (Fsp3) is 0.357. The number of hydrogen-bond acceptors (Lipinski definition) is 2. The maximum Gasteiger partial charge on any atom is 0.185 e. The maximum absolute atomic E-state index is 11.8. The van der Waals surface area contributed by atoms with Crippen LogP contribution in [0.2, 0.25) is 0 Å². The van der Waals surface area contributed by atoms with Crippen molar-refractivity contribution in [3.8, 4) is 5.75 Å². The molecule has 2 nitrogen and oxygen atoms in total. The molecule has 0 saturated carbocycles. The lowest BCUT2D eigenvalue weighted by Gasteiger charge is -2.04. The van der Waals surface area contributed by atoms with Gasteiger partial charge in [-0.15, -0.1) is 0 Å². The van der Waals surface area contributed by atoms with Crippen molar-refractivity contribution >= 4 is 5.78 Å². The molecule has 0 aromatic heterocycles. The molecular weight excluding hydrogens is 200 g/mol. The van der Waals surface area contributed by atoms with E-state index < -0.39 is 0 Å². The van der Waals surface area contributed by atoms with E-state index in [9.17, 15) is 4.79 Å². The van der Waals surface area contributed by atoms with Crippen LogP contribution in [0, 0.1) is 5.92 Å².